The molecule has 1 saturated carbocycles. The fraction of sp³-hybridized carbons (Fsp3) is 0.588. The van der Waals surface area contributed by atoms with Crippen molar-refractivity contribution in [3.63, 3.8) is 0 Å². The maximum absolute atomic E-state index is 11.4. The normalized spacial score (nSPS) is 18.8. The van der Waals surface area contributed by atoms with E-state index in [-0.39, 0.29) is 0 Å². The first kappa shape index (κ1) is 16.2. The van der Waals surface area contributed by atoms with Gasteiger partial charge in [0.1, 0.15) is 0 Å². The molecule has 116 valence electrons. The van der Waals surface area contributed by atoms with Gasteiger partial charge < -0.3 is 15.7 Å². The van der Waals surface area contributed by atoms with Crippen LogP contribution >= 0.6 is 12.2 Å². The van der Waals surface area contributed by atoms with Gasteiger partial charge in [0.05, 0.1) is 5.60 Å². The third-order valence-corrected chi connectivity index (χ3v) is 4.92. The van der Waals surface area contributed by atoms with Crippen molar-refractivity contribution < 1.29 is 5.11 Å². The van der Waals surface area contributed by atoms with Crippen LogP contribution in [0.3, 0.4) is 0 Å². The van der Waals surface area contributed by atoms with Crippen molar-refractivity contribution >= 4 is 17.3 Å². The molecule has 0 spiro atoms. The van der Waals surface area contributed by atoms with Crippen LogP contribution in [-0.4, -0.2) is 23.8 Å². The Morgan fingerprint density at radius 2 is 1.90 bits per heavy atom. The average Bonchev–Trinajstić information content (AvgIpc) is 2.56. The van der Waals surface area contributed by atoms with Crippen molar-refractivity contribution in [1.82, 2.24) is 10.6 Å². The maximum Gasteiger partial charge on any atom is 0.166 e. The molecule has 1 aromatic carbocycles. The fourth-order valence-electron chi connectivity index (χ4n) is 3.35. The molecule has 3 nitrogen and oxygen atoms in total. The molecule has 1 fully saturated rings. The third kappa shape index (κ3) is 4.17. The van der Waals surface area contributed by atoms with Gasteiger partial charge >= 0.3 is 0 Å². The quantitative estimate of drug-likeness (QED) is 0.732. The van der Waals surface area contributed by atoms with Gasteiger partial charge in [-0.3, -0.25) is 0 Å². The van der Waals surface area contributed by atoms with Gasteiger partial charge in [0.25, 0.3) is 0 Å². The maximum atomic E-state index is 11.4. The summed E-state index contributed by atoms with van der Waals surface area (Å²) in [7, 11) is 1.81. The van der Waals surface area contributed by atoms with Crippen LogP contribution in [0.1, 0.15) is 44.1 Å². The molecular formula is C17H26N2OS. The summed E-state index contributed by atoms with van der Waals surface area (Å²) in [5.41, 5.74) is 0.284. The molecule has 0 aliphatic heterocycles. The Labute approximate surface area is 133 Å². The lowest BCUT2D eigenvalue weighted by atomic mass is 9.72. The summed E-state index contributed by atoms with van der Waals surface area (Å²) in [4.78, 5) is 0. The highest BCUT2D eigenvalue weighted by atomic mass is 32.1. The van der Waals surface area contributed by atoms with Gasteiger partial charge in [-0.15, -0.1) is 0 Å². The standard InChI is InChI=1S/C17H26N2OS/c1-18-16(21)19-13-12-17(20,14-8-4-2-5-9-14)15-10-6-3-7-11-15/h2,4-5,8-9,15,20H,3,6-7,10-13H2,1H3,(H2,18,19,21). The van der Waals surface area contributed by atoms with Crippen LogP contribution in [0.2, 0.25) is 0 Å². The highest BCUT2D eigenvalue weighted by molar-refractivity contribution is 7.80. The van der Waals surface area contributed by atoms with Crippen molar-refractivity contribution in [3.05, 3.63) is 35.9 Å². The number of nitrogens with one attached hydrogen (secondary N) is 2. The lowest BCUT2D eigenvalue weighted by Gasteiger charge is -2.39. The molecule has 0 heterocycles. The number of aliphatic hydroxyl groups is 1. The summed E-state index contributed by atoms with van der Waals surface area (Å²) >= 11 is 5.11. The molecule has 1 atom stereocenters. The Balaban J connectivity index is 2.11. The molecule has 3 N–H and O–H groups in total. The summed E-state index contributed by atoms with van der Waals surface area (Å²) in [6.07, 6.45) is 6.65. The van der Waals surface area contributed by atoms with Gasteiger partial charge in [-0.1, -0.05) is 49.6 Å². The second-order valence-corrected chi connectivity index (χ2v) is 6.29. The molecule has 1 aliphatic rings. The molecule has 21 heavy (non-hydrogen) atoms. The summed E-state index contributed by atoms with van der Waals surface area (Å²) in [6.45, 7) is 0.682. The fourth-order valence-corrected chi connectivity index (χ4v) is 3.45. The van der Waals surface area contributed by atoms with E-state index in [0.29, 0.717) is 24.0 Å². The molecule has 4 heteroatoms. The first-order chi connectivity index (χ1) is 10.2. The first-order valence-electron chi connectivity index (χ1n) is 7.90. The molecule has 0 bridgehead atoms. The predicted octanol–water partition coefficient (Wildman–Crippen LogP) is 2.94. The molecule has 0 aromatic heterocycles. The van der Waals surface area contributed by atoms with Gasteiger partial charge in [0, 0.05) is 13.6 Å². The van der Waals surface area contributed by atoms with E-state index in [0.717, 1.165) is 18.4 Å². The van der Waals surface area contributed by atoms with E-state index in [1.165, 1.54) is 19.3 Å². The van der Waals surface area contributed by atoms with Crippen LogP contribution in [0, 0.1) is 5.92 Å². The zero-order valence-electron chi connectivity index (χ0n) is 12.8. The zero-order chi connectivity index (χ0) is 15.1. The summed E-state index contributed by atoms with van der Waals surface area (Å²) in [6, 6.07) is 10.1. The van der Waals surface area contributed by atoms with E-state index in [1.54, 1.807) is 7.05 Å². The van der Waals surface area contributed by atoms with Crippen molar-refractivity contribution in [2.45, 2.75) is 44.1 Å². The lowest BCUT2D eigenvalue weighted by molar-refractivity contribution is -0.0448. The highest BCUT2D eigenvalue weighted by Gasteiger charge is 2.38. The molecule has 1 unspecified atom stereocenters. The number of thiocarbonyl (C=S) groups is 1. The predicted molar refractivity (Wildman–Crippen MR) is 91.2 cm³/mol. The molecular weight excluding hydrogens is 280 g/mol. The van der Waals surface area contributed by atoms with Crippen LogP contribution in [0.15, 0.2) is 30.3 Å². The second-order valence-electron chi connectivity index (χ2n) is 5.88. The van der Waals surface area contributed by atoms with Crippen LogP contribution in [0.5, 0.6) is 0 Å². The van der Waals surface area contributed by atoms with E-state index in [1.807, 2.05) is 30.3 Å². The highest BCUT2D eigenvalue weighted by Crippen LogP contribution is 2.41. The van der Waals surface area contributed by atoms with Crippen molar-refractivity contribution in [2.24, 2.45) is 5.92 Å². The Bertz CT molecular complexity index is 445. The minimum Gasteiger partial charge on any atom is -0.385 e. The number of benzene rings is 1. The first-order valence-corrected chi connectivity index (χ1v) is 8.31. The number of hydrogen-bond acceptors (Lipinski definition) is 2. The molecule has 1 aromatic rings. The van der Waals surface area contributed by atoms with Gasteiger partial charge in [-0.2, -0.15) is 0 Å². The lowest BCUT2D eigenvalue weighted by Crippen LogP contribution is -2.41. The van der Waals surface area contributed by atoms with E-state index in [9.17, 15) is 5.11 Å². The third-order valence-electron chi connectivity index (χ3n) is 4.57. The van der Waals surface area contributed by atoms with Gasteiger partial charge in [0.15, 0.2) is 5.11 Å². The van der Waals surface area contributed by atoms with Crippen LogP contribution in [0.4, 0.5) is 0 Å². The number of rotatable bonds is 5. The largest absolute Gasteiger partial charge is 0.385 e. The SMILES string of the molecule is CNC(=S)NCCC(O)(c1ccccc1)C1CCCCC1. The Kier molecular flexibility index (Phi) is 6.00. The van der Waals surface area contributed by atoms with E-state index in [4.69, 9.17) is 12.2 Å². The minimum absolute atomic E-state index is 0.346. The Morgan fingerprint density at radius 3 is 2.52 bits per heavy atom. The molecule has 2 rings (SSSR count). The summed E-state index contributed by atoms with van der Waals surface area (Å²) in [5, 5.41) is 18.1. The summed E-state index contributed by atoms with van der Waals surface area (Å²) < 4.78 is 0. The topological polar surface area (TPSA) is 44.3 Å². The Morgan fingerprint density at radius 1 is 1.24 bits per heavy atom. The van der Waals surface area contributed by atoms with Crippen molar-refractivity contribution in [3.8, 4) is 0 Å². The van der Waals surface area contributed by atoms with Gasteiger partial charge in [-0.05, 0) is 43.0 Å². The van der Waals surface area contributed by atoms with Gasteiger partial charge in [-0.25, -0.2) is 0 Å². The average molecular weight is 306 g/mol. The molecule has 1 aliphatic carbocycles. The monoisotopic (exact) mass is 306 g/mol. The summed E-state index contributed by atoms with van der Waals surface area (Å²) in [5.74, 6) is 0.346. The second kappa shape index (κ2) is 7.76. The Hall–Kier alpha value is -1.13. The van der Waals surface area contributed by atoms with Gasteiger partial charge in [0.2, 0.25) is 0 Å². The van der Waals surface area contributed by atoms with Crippen LogP contribution in [0.25, 0.3) is 0 Å². The van der Waals surface area contributed by atoms with Crippen molar-refractivity contribution in [1.29, 1.82) is 0 Å². The molecule has 0 radical (unpaired) electrons. The number of hydrogen-bond donors (Lipinski definition) is 3. The van der Waals surface area contributed by atoms with E-state index in [2.05, 4.69) is 10.6 Å². The van der Waals surface area contributed by atoms with E-state index >= 15 is 0 Å². The van der Waals surface area contributed by atoms with Crippen molar-refractivity contribution in [2.75, 3.05) is 13.6 Å². The van der Waals surface area contributed by atoms with E-state index < -0.39 is 5.60 Å². The smallest absolute Gasteiger partial charge is 0.166 e. The zero-order valence-corrected chi connectivity index (χ0v) is 13.6. The molecule has 0 amide bonds. The van der Waals surface area contributed by atoms with Crippen LogP contribution in [-0.2, 0) is 5.60 Å². The van der Waals surface area contributed by atoms with Crippen LogP contribution < -0.4 is 10.6 Å². The minimum atomic E-state index is -0.752. The molecule has 0 saturated heterocycles.